The number of rotatable bonds is 4. The van der Waals surface area contributed by atoms with Gasteiger partial charge in [0.05, 0.1) is 17.2 Å². The number of sulfone groups is 1. The van der Waals surface area contributed by atoms with E-state index in [1.807, 2.05) is 54.6 Å². The zero-order valence-corrected chi connectivity index (χ0v) is 16.2. The van der Waals surface area contributed by atoms with Gasteiger partial charge < -0.3 is 4.74 Å². The quantitative estimate of drug-likeness (QED) is 0.803. The molecule has 0 spiro atoms. The van der Waals surface area contributed by atoms with Gasteiger partial charge in [-0.25, -0.2) is 13.8 Å². The molecule has 2 aliphatic rings. The van der Waals surface area contributed by atoms with Gasteiger partial charge in [-0.1, -0.05) is 42.5 Å². The van der Waals surface area contributed by atoms with Crippen LogP contribution in [0.4, 0.5) is 0 Å². The fourth-order valence-corrected chi connectivity index (χ4v) is 5.58. The van der Waals surface area contributed by atoms with Gasteiger partial charge in [0.2, 0.25) is 5.91 Å². The van der Waals surface area contributed by atoms with Gasteiger partial charge in [0.15, 0.2) is 9.84 Å². The van der Waals surface area contributed by atoms with Crippen LogP contribution < -0.4 is 10.2 Å². The molecule has 2 atom stereocenters. The number of fused-ring (bicyclic) bond motifs is 1. The minimum absolute atomic E-state index is 0.0870. The Kier molecular flexibility index (Phi) is 5.17. The minimum atomic E-state index is -2.99. The number of hydrogen-bond acceptors (Lipinski definition) is 5. The number of benzene rings is 2. The van der Waals surface area contributed by atoms with Crippen LogP contribution in [-0.2, 0) is 14.6 Å². The van der Waals surface area contributed by atoms with Crippen molar-refractivity contribution >= 4 is 21.5 Å². The molecule has 1 saturated heterocycles. The van der Waals surface area contributed by atoms with Crippen molar-refractivity contribution in [3.05, 3.63) is 65.7 Å². The number of hydrazone groups is 1. The van der Waals surface area contributed by atoms with Gasteiger partial charge in [-0.05, 0) is 30.0 Å². The first-order valence-electron chi connectivity index (χ1n) is 9.37. The van der Waals surface area contributed by atoms with E-state index in [0.717, 1.165) is 22.6 Å². The maximum atomic E-state index is 12.3. The van der Waals surface area contributed by atoms with Crippen molar-refractivity contribution in [2.24, 2.45) is 11.0 Å². The summed E-state index contributed by atoms with van der Waals surface area (Å²) < 4.78 is 29.3. The highest BCUT2D eigenvalue weighted by Gasteiger charge is 2.30. The Morgan fingerprint density at radius 3 is 2.61 bits per heavy atom. The Balaban J connectivity index is 1.49. The maximum Gasteiger partial charge on any atom is 0.240 e. The summed E-state index contributed by atoms with van der Waals surface area (Å²) in [6.45, 7) is 0. The lowest BCUT2D eigenvalue weighted by Crippen LogP contribution is -2.26. The second kappa shape index (κ2) is 7.75. The van der Waals surface area contributed by atoms with E-state index < -0.39 is 9.84 Å². The number of hydrogen-bond donors (Lipinski definition) is 1. The third kappa shape index (κ3) is 4.25. The topological polar surface area (TPSA) is 84.8 Å². The van der Waals surface area contributed by atoms with Gasteiger partial charge >= 0.3 is 0 Å². The number of amides is 1. The zero-order valence-electron chi connectivity index (χ0n) is 15.4. The normalized spacial score (nSPS) is 24.4. The van der Waals surface area contributed by atoms with Crippen molar-refractivity contribution in [1.29, 1.82) is 0 Å². The van der Waals surface area contributed by atoms with Crippen LogP contribution in [0.15, 0.2) is 59.7 Å². The SMILES string of the molecule is O=C(C[C@@H]1CCS(=O)(=O)C1)N/N=C1/C[C@@H](c2ccccc2)Oc2ccccc21. The fraction of sp³-hybridized carbons (Fsp3) is 0.333. The third-order valence-electron chi connectivity index (χ3n) is 5.13. The minimum Gasteiger partial charge on any atom is -0.485 e. The Labute approximate surface area is 164 Å². The second-order valence-corrected chi connectivity index (χ2v) is 9.51. The second-order valence-electron chi connectivity index (χ2n) is 7.28. The molecule has 2 aromatic carbocycles. The summed E-state index contributed by atoms with van der Waals surface area (Å²) in [6, 6.07) is 17.5. The lowest BCUT2D eigenvalue weighted by atomic mass is 9.96. The molecule has 0 saturated carbocycles. The number of nitrogens with zero attached hydrogens (tertiary/aromatic N) is 1. The molecule has 0 radical (unpaired) electrons. The molecule has 4 rings (SSSR count). The van der Waals surface area contributed by atoms with E-state index in [0.29, 0.717) is 12.8 Å². The van der Waals surface area contributed by atoms with Crippen molar-refractivity contribution in [2.45, 2.75) is 25.4 Å². The molecule has 28 heavy (non-hydrogen) atoms. The molecule has 6 nitrogen and oxygen atoms in total. The smallest absolute Gasteiger partial charge is 0.240 e. The Bertz CT molecular complexity index is 1000. The Hall–Kier alpha value is -2.67. The molecular weight excluding hydrogens is 376 g/mol. The van der Waals surface area contributed by atoms with E-state index in [1.54, 1.807) is 0 Å². The number of carbonyl (C=O) groups excluding carboxylic acids is 1. The standard InChI is InChI=1S/C21H22N2O4S/c24-21(12-15-10-11-28(25,26)14-15)23-22-18-13-20(16-6-2-1-3-7-16)27-19-9-5-4-8-17(18)19/h1-9,15,20H,10-14H2,(H,23,24)/b22-18-/t15-,20-/m0/s1. The molecular formula is C21H22N2O4S. The molecule has 0 unspecified atom stereocenters. The Morgan fingerprint density at radius 2 is 1.86 bits per heavy atom. The molecule has 146 valence electrons. The van der Waals surface area contributed by atoms with Gasteiger partial charge in [0.1, 0.15) is 11.9 Å². The molecule has 1 fully saturated rings. The van der Waals surface area contributed by atoms with E-state index in [9.17, 15) is 13.2 Å². The van der Waals surface area contributed by atoms with E-state index in [4.69, 9.17) is 4.74 Å². The highest BCUT2D eigenvalue weighted by Crippen LogP contribution is 2.35. The molecule has 0 aromatic heterocycles. The van der Waals surface area contributed by atoms with E-state index in [2.05, 4.69) is 10.5 Å². The first-order valence-corrected chi connectivity index (χ1v) is 11.2. The van der Waals surface area contributed by atoms with Crippen molar-refractivity contribution in [2.75, 3.05) is 11.5 Å². The first-order chi connectivity index (χ1) is 13.5. The van der Waals surface area contributed by atoms with E-state index in [-0.39, 0.29) is 35.9 Å². The summed E-state index contributed by atoms with van der Waals surface area (Å²) in [6.07, 6.45) is 1.08. The average molecular weight is 398 g/mol. The van der Waals surface area contributed by atoms with Gasteiger partial charge in [-0.3, -0.25) is 4.79 Å². The van der Waals surface area contributed by atoms with Crippen molar-refractivity contribution < 1.29 is 17.9 Å². The fourth-order valence-electron chi connectivity index (χ4n) is 3.72. The lowest BCUT2D eigenvalue weighted by Gasteiger charge is -2.27. The van der Waals surface area contributed by atoms with Crippen molar-refractivity contribution in [3.63, 3.8) is 0 Å². The van der Waals surface area contributed by atoms with Crippen molar-refractivity contribution in [1.82, 2.24) is 5.43 Å². The number of para-hydroxylation sites is 1. The van der Waals surface area contributed by atoms with Gasteiger partial charge in [-0.15, -0.1) is 0 Å². The van der Waals surface area contributed by atoms with Crippen LogP contribution in [0.2, 0.25) is 0 Å². The summed E-state index contributed by atoms with van der Waals surface area (Å²) in [4.78, 5) is 12.3. The highest BCUT2D eigenvalue weighted by atomic mass is 32.2. The Morgan fingerprint density at radius 1 is 1.11 bits per heavy atom. The molecule has 2 heterocycles. The maximum absolute atomic E-state index is 12.3. The molecule has 1 amide bonds. The van der Waals surface area contributed by atoms with Crippen LogP contribution in [0.1, 0.15) is 36.5 Å². The number of ether oxygens (including phenoxy) is 1. The summed E-state index contributed by atoms with van der Waals surface area (Å²) in [5, 5.41) is 4.37. The van der Waals surface area contributed by atoms with Crippen LogP contribution in [0, 0.1) is 5.92 Å². The predicted octanol–water partition coefficient (Wildman–Crippen LogP) is 2.86. The number of carbonyl (C=O) groups is 1. The first kappa shape index (κ1) is 18.7. The molecule has 2 aromatic rings. The van der Waals surface area contributed by atoms with Crippen LogP contribution in [-0.4, -0.2) is 31.5 Å². The monoisotopic (exact) mass is 398 g/mol. The average Bonchev–Trinajstić information content (AvgIpc) is 3.04. The van der Waals surface area contributed by atoms with Gasteiger partial charge in [0, 0.05) is 18.4 Å². The summed E-state index contributed by atoms with van der Waals surface area (Å²) in [7, 11) is -2.99. The molecule has 2 aliphatic heterocycles. The molecule has 0 bridgehead atoms. The predicted molar refractivity (Wildman–Crippen MR) is 107 cm³/mol. The van der Waals surface area contributed by atoms with Gasteiger partial charge in [-0.2, -0.15) is 5.10 Å². The zero-order chi connectivity index (χ0) is 19.6. The lowest BCUT2D eigenvalue weighted by molar-refractivity contribution is -0.121. The third-order valence-corrected chi connectivity index (χ3v) is 6.97. The highest BCUT2D eigenvalue weighted by molar-refractivity contribution is 7.91. The molecule has 0 aliphatic carbocycles. The van der Waals surface area contributed by atoms with E-state index >= 15 is 0 Å². The van der Waals surface area contributed by atoms with Crippen LogP contribution in [0.5, 0.6) is 5.75 Å². The molecule has 7 heteroatoms. The summed E-state index contributed by atoms with van der Waals surface area (Å²) in [5.41, 5.74) is 5.28. The molecule has 1 N–H and O–H groups in total. The van der Waals surface area contributed by atoms with Gasteiger partial charge in [0.25, 0.3) is 0 Å². The summed E-state index contributed by atoms with van der Waals surface area (Å²) in [5.74, 6) is 0.615. The largest absolute Gasteiger partial charge is 0.485 e. The number of nitrogens with one attached hydrogen (secondary N) is 1. The van der Waals surface area contributed by atoms with E-state index in [1.165, 1.54) is 0 Å². The van der Waals surface area contributed by atoms with Crippen LogP contribution in [0.25, 0.3) is 0 Å². The van der Waals surface area contributed by atoms with Crippen molar-refractivity contribution in [3.8, 4) is 5.75 Å². The summed E-state index contributed by atoms with van der Waals surface area (Å²) >= 11 is 0. The van der Waals surface area contributed by atoms with Crippen LogP contribution in [0.3, 0.4) is 0 Å². The van der Waals surface area contributed by atoms with Crippen LogP contribution >= 0.6 is 0 Å².